The number of allylic oxidation sites excluding steroid dienone is 2. The summed E-state index contributed by atoms with van der Waals surface area (Å²) in [5.74, 6) is -0.0177. The molecule has 0 aromatic heterocycles. The van der Waals surface area contributed by atoms with Crippen LogP contribution in [0, 0.1) is 50.2 Å². The molecule has 0 aliphatic heterocycles. The fourth-order valence-corrected chi connectivity index (χ4v) is 10.7. The van der Waals surface area contributed by atoms with Crippen LogP contribution in [-0.2, 0) is 4.79 Å². The first kappa shape index (κ1) is 25.7. The molecule has 0 aromatic rings. The van der Waals surface area contributed by atoms with Gasteiger partial charge in [0.1, 0.15) is 0 Å². The molecule has 0 radical (unpaired) electrons. The molecule has 4 saturated carbocycles. The maximum atomic E-state index is 12.8. The molecule has 5 nitrogen and oxygen atoms in total. The van der Waals surface area contributed by atoms with Crippen molar-refractivity contribution in [1.82, 2.24) is 0 Å². The lowest BCUT2D eigenvalue weighted by atomic mass is 9.33. The third kappa shape index (κ3) is 3.07. The number of carboxylic acids is 1. The summed E-state index contributed by atoms with van der Waals surface area (Å²) in [5, 5.41) is 42.3. The molecule has 0 spiro atoms. The summed E-state index contributed by atoms with van der Waals surface area (Å²) < 4.78 is 0. The molecule has 5 aliphatic rings. The van der Waals surface area contributed by atoms with Crippen LogP contribution in [0.15, 0.2) is 11.6 Å². The quantitative estimate of drug-likeness (QED) is 0.411. The Morgan fingerprint density at radius 1 is 0.914 bits per heavy atom. The molecule has 4 fully saturated rings. The van der Waals surface area contributed by atoms with E-state index in [1.165, 1.54) is 5.57 Å². The predicted octanol–water partition coefficient (Wildman–Crippen LogP) is 5.18. The van der Waals surface area contributed by atoms with E-state index in [4.69, 9.17) is 0 Å². The van der Waals surface area contributed by atoms with Gasteiger partial charge in [-0.3, -0.25) is 4.79 Å². The smallest absolute Gasteiger partial charge is 0.310 e. The van der Waals surface area contributed by atoms with Gasteiger partial charge in [-0.2, -0.15) is 0 Å². The zero-order valence-electron chi connectivity index (χ0n) is 22.6. The van der Waals surface area contributed by atoms with Gasteiger partial charge in [0, 0.05) is 5.41 Å². The highest BCUT2D eigenvalue weighted by molar-refractivity contribution is 5.76. The average Bonchev–Trinajstić information content (AvgIpc) is 2.80. The highest BCUT2D eigenvalue weighted by Crippen LogP contribution is 2.75. The molecular weight excluding hydrogens is 440 g/mol. The molecule has 198 valence electrons. The second kappa shape index (κ2) is 7.80. The Bertz CT molecular complexity index is 920. The molecule has 5 rings (SSSR count). The van der Waals surface area contributed by atoms with E-state index in [0.717, 1.165) is 57.8 Å². The first-order valence-corrected chi connectivity index (χ1v) is 14.1. The summed E-state index contributed by atoms with van der Waals surface area (Å²) in [4.78, 5) is 12.8. The van der Waals surface area contributed by atoms with Gasteiger partial charge in [0.05, 0.1) is 24.7 Å². The van der Waals surface area contributed by atoms with Crippen molar-refractivity contribution in [3.63, 3.8) is 0 Å². The summed E-state index contributed by atoms with van der Waals surface area (Å²) >= 11 is 0. The second-order valence-corrected chi connectivity index (χ2v) is 14.8. The van der Waals surface area contributed by atoms with Crippen LogP contribution in [0.5, 0.6) is 0 Å². The number of fused-ring (bicyclic) bond motifs is 7. The lowest BCUT2D eigenvalue weighted by Crippen LogP contribution is -2.67. The molecular formula is C30H48O5. The number of hydrogen-bond acceptors (Lipinski definition) is 4. The van der Waals surface area contributed by atoms with Crippen LogP contribution in [0.2, 0.25) is 0 Å². The first-order valence-electron chi connectivity index (χ1n) is 14.1. The standard InChI is InChI=1S/C30H48O5/c1-25(2)12-14-29(24(34)35)15-13-27(4)19(20(29)16-25)6-7-21-26(3)10-9-23(33)30(17-31,18-32)22(26)8-11-28(21,27)5/h6,20-23,31-33H,7-18H2,1-5H3,(H,34,35). The maximum Gasteiger partial charge on any atom is 0.310 e. The summed E-state index contributed by atoms with van der Waals surface area (Å²) in [7, 11) is 0. The van der Waals surface area contributed by atoms with Crippen LogP contribution in [0.4, 0.5) is 0 Å². The Morgan fingerprint density at radius 2 is 1.57 bits per heavy atom. The molecule has 8 unspecified atom stereocenters. The molecule has 0 bridgehead atoms. The topological polar surface area (TPSA) is 98.0 Å². The van der Waals surface area contributed by atoms with E-state index in [1.54, 1.807) is 0 Å². The molecule has 5 heteroatoms. The number of aliphatic hydroxyl groups excluding tert-OH is 3. The summed E-state index contributed by atoms with van der Waals surface area (Å²) in [5.41, 5.74) is 0.0411. The van der Waals surface area contributed by atoms with E-state index in [-0.39, 0.29) is 46.7 Å². The average molecular weight is 489 g/mol. The van der Waals surface area contributed by atoms with Gasteiger partial charge in [-0.15, -0.1) is 0 Å². The van der Waals surface area contributed by atoms with Crippen molar-refractivity contribution >= 4 is 5.97 Å². The normalized spacial score (nSPS) is 50.1. The third-order valence-corrected chi connectivity index (χ3v) is 13.2. The molecule has 0 amide bonds. The minimum absolute atomic E-state index is 0.0352. The number of carbonyl (C=O) groups is 1. The van der Waals surface area contributed by atoms with E-state index < -0.39 is 22.9 Å². The SMILES string of the molecule is CC1(C)CCC2(C(=O)O)CCC3(C)C(=CCC4C5(C)CCC(O)C(CO)(CO)C5CCC43C)C2C1. The number of aliphatic hydroxyl groups is 3. The van der Waals surface area contributed by atoms with Gasteiger partial charge >= 0.3 is 5.97 Å². The van der Waals surface area contributed by atoms with E-state index in [0.29, 0.717) is 12.3 Å². The number of hydrogen-bond donors (Lipinski definition) is 4. The van der Waals surface area contributed by atoms with E-state index in [2.05, 4.69) is 40.7 Å². The van der Waals surface area contributed by atoms with Crippen LogP contribution in [0.25, 0.3) is 0 Å². The van der Waals surface area contributed by atoms with Gasteiger partial charge in [-0.25, -0.2) is 0 Å². The van der Waals surface area contributed by atoms with Crippen LogP contribution in [0.3, 0.4) is 0 Å². The summed E-state index contributed by atoms with van der Waals surface area (Å²) in [6.45, 7) is 11.5. The van der Waals surface area contributed by atoms with Crippen molar-refractivity contribution in [1.29, 1.82) is 0 Å². The van der Waals surface area contributed by atoms with Gasteiger partial charge in [0.15, 0.2) is 0 Å². The molecule has 35 heavy (non-hydrogen) atoms. The lowest BCUT2D eigenvalue weighted by Gasteiger charge is -2.71. The van der Waals surface area contributed by atoms with Crippen molar-refractivity contribution in [2.75, 3.05) is 13.2 Å². The Balaban J connectivity index is 1.60. The van der Waals surface area contributed by atoms with Crippen LogP contribution >= 0.6 is 0 Å². The predicted molar refractivity (Wildman–Crippen MR) is 136 cm³/mol. The fourth-order valence-electron chi connectivity index (χ4n) is 10.7. The van der Waals surface area contributed by atoms with Crippen molar-refractivity contribution in [2.24, 2.45) is 50.2 Å². The van der Waals surface area contributed by atoms with Gasteiger partial charge in [-0.05, 0) is 104 Å². The van der Waals surface area contributed by atoms with E-state index >= 15 is 0 Å². The monoisotopic (exact) mass is 488 g/mol. The molecule has 0 aromatic carbocycles. The molecule has 4 N–H and O–H groups in total. The summed E-state index contributed by atoms with van der Waals surface area (Å²) in [6.07, 6.45) is 10.5. The molecule has 0 saturated heterocycles. The van der Waals surface area contributed by atoms with Crippen molar-refractivity contribution in [3.8, 4) is 0 Å². The van der Waals surface area contributed by atoms with Crippen molar-refractivity contribution in [2.45, 2.75) is 105 Å². The first-order chi connectivity index (χ1) is 16.3. The minimum atomic E-state index is -0.836. The van der Waals surface area contributed by atoms with Crippen molar-refractivity contribution < 1.29 is 25.2 Å². The Labute approximate surface area is 211 Å². The lowest BCUT2D eigenvalue weighted by molar-refractivity contribution is -0.230. The Morgan fingerprint density at radius 3 is 2.20 bits per heavy atom. The van der Waals surface area contributed by atoms with E-state index in [1.807, 2.05) is 0 Å². The minimum Gasteiger partial charge on any atom is -0.481 e. The maximum absolute atomic E-state index is 12.8. The summed E-state index contributed by atoms with van der Waals surface area (Å²) in [6, 6.07) is 0. The highest BCUT2D eigenvalue weighted by Gasteiger charge is 2.70. The van der Waals surface area contributed by atoms with Crippen LogP contribution in [0.1, 0.15) is 98.8 Å². The second-order valence-electron chi connectivity index (χ2n) is 14.8. The Kier molecular flexibility index (Phi) is 5.73. The van der Waals surface area contributed by atoms with Gasteiger partial charge < -0.3 is 20.4 Å². The fraction of sp³-hybridized carbons (Fsp3) is 0.900. The molecule has 5 aliphatic carbocycles. The van der Waals surface area contributed by atoms with Crippen LogP contribution in [-0.4, -0.2) is 45.7 Å². The van der Waals surface area contributed by atoms with Crippen molar-refractivity contribution in [3.05, 3.63) is 11.6 Å². The van der Waals surface area contributed by atoms with Gasteiger partial charge in [0.2, 0.25) is 0 Å². The van der Waals surface area contributed by atoms with E-state index in [9.17, 15) is 25.2 Å². The van der Waals surface area contributed by atoms with Gasteiger partial charge in [0.25, 0.3) is 0 Å². The molecule has 0 heterocycles. The number of rotatable bonds is 3. The third-order valence-electron chi connectivity index (χ3n) is 13.2. The van der Waals surface area contributed by atoms with Crippen LogP contribution < -0.4 is 0 Å². The number of carboxylic acid groups (broad SMARTS) is 1. The highest BCUT2D eigenvalue weighted by atomic mass is 16.4. The molecule has 8 atom stereocenters. The zero-order chi connectivity index (χ0) is 25.7. The Hall–Kier alpha value is -0.910. The van der Waals surface area contributed by atoms with Gasteiger partial charge in [-0.1, -0.05) is 46.3 Å². The number of aliphatic carboxylic acids is 1. The zero-order valence-corrected chi connectivity index (χ0v) is 22.6. The largest absolute Gasteiger partial charge is 0.481 e.